The lowest BCUT2D eigenvalue weighted by Gasteiger charge is -2.26. The Morgan fingerprint density at radius 1 is 0.976 bits per heavy atom. The van der Waals surface area contributed by atoms with E-state index in [-0.39, 0.29) is 17.4 Å². The van der Waals surface area contributed by atoms with Crippen LogP contribution in [0.25, 0.3) is 0 Å². The molecular formula is C30H33ClN4O5S. The average Bonchev–Trinajstić information content (AvgIpc) is 2.97. The number of likely N-dealkylation sites (tertiary alicyclic amines) is 1. The molecule has 0 aromatic heterocycles. The van der Waals surface area contributed by atoms with Crippen LogP contribution in [0.15, 0.2) is 76.7 Å². The van der Waals surface area contributed by atoms with Crippen molar-refractivity contribution in [2.45, 2.75) is 38.0 Å². The zero-order valence-electron chi connectivity index (χ0n) is 23.0. The third kappa shape index (κ3) is 8.08. The molecule has 3 aromatic rings. The minimum Gasteiger partial charge on any atom is -0.484 e. The number of halogens is 1. The first-order chi connectivity index (χ1) is 19.6. The highest BCUT2D eigenvalue weighted by atomic mass is 35.5. The van der Waals surface area contributed by atoms with Crippen molar-refractivity contribution in [3.63, 3.8) is 0 Å². The summed E-state index contributed by atoms with van der Waals surface area (Å²) in [6.07, 6.45) is 4.65. The van der Waals surface area contributed by atoms with E-state index >= 15 is 0 Å². The van der Waals surface area contributed by atoms with Crippen molar-refractivity contribution in [1.29, 1.82) is 0 Å². The van der Waals surface area contributed by atoms with E-state index in [4.69, 9.17) is 16.3 Å². The standard InChI is InChI=1S/C30H33ClN4O5S/c1-22-6-11-26(18-23(22)2)35(41(38,39)28-14-9-25(31)10-15-28)20-29(36)33-32-19-24-7-12-27(13-8-24)40-21-30(37)34-16-4-3-5-17-34/h6-15,18-19H,3-5,16-17,20-21H2,1-2H3,(H,33,36)/b32-19-. The number of hydrazone groups is 1. The van der Waals surface area contributed by atoms with Crippen molar-refractivity contribution in [3.8, 4) is 5.75 Å². The molecule has 1 aliphatic rings. The number of ether oxygens (including phenoxy) is 1. The van der Waals surface area contributed by atoms with Gasteiger partial charge in [-0.25, -0.2) is 13.8 Å². The summed E-state index contributed by atoms with van der Waals surface area (Å²) in [4.78, 5) is 27.0. The van der Waals surface area contributed by atoms with Crippen LogP contribution < -0.4 is 14.5 Å². The first-order valence-electron chi connectivity index (χ1n) is 13.3. The lowest BCUT2D eigenvalue weighted by molar-refractivity contribution is -0.134. The van der Waals surface area contributed by atoms with Crippen molar-refractivity contribution in [1.82, 2.24) is 10.3 Å². The first kappa shape index (κ1) is 30.1. The summed E-state index contributed by atoms with van der Waals surface area (Å²) in [5.41, 5.74) is 5.33. The van der Waals surface area contributed by atoms with Crippen LogP contribution in [-0.2, 0) is 19.6 Å². The molecule has 0 unspecified atom stereocenters. The Morgan fingerprint density at radius 2 is 1.66 bits per heavy atom. The van der Waals surface area contributed by atoms with E-state index in [9.17, 15) is 18.0 Å². The van der Waals surface area contributed by atoms with Gasteiger partial charge in [0.25, 0.3) is 21.8 Å². The van der Waals surface area contributed by atoms with E-state index in [1.165, 1.54) is 30.5 Å². The lowest BCUT2D eigenvalue weighted by atomic mass is 10.1. The van der Waals surface area contributed by atoms with Crippen LogP contribution in [0.5, 0.6) is 5.75 Å². The molecular weight excluding hydrogens is 564 g/mol. The van der Waals surface area contributed by atoms with Crippen LogP contribution in [-0.4, -0.2) is 57.6 Å². The zero-order valence-corrected chi connectivity index (χ0v) is 24.6. The fourth-order valence-corrected chi connectivity index (χ4v) is 5.84. The second-order valence-electron chi connectivity index (χ2n) is 9.83. The van der Waals surface area contributed by atoms with Gasteiger partial charge < -0.3 is 9.64 Å². The quantitative estimate of drug-likeness (QED) is 0.270. The molecule has 1 aliphatic heterocycles. The number of nitrogens with one attached hydrogen (secondary N) is 1. The maximum Gasteiger partial charge on any atom is 0.264 e. The molecule has 0 aliphatic carbocycles. The Bertz CT molecular complexity index is 1500. The van der Waals surface area contributed by atoms with Gasteiger partial charge in [-0.05, 0) is 110 Å². The minimum atomic E-state index is -4.08. The van der Waals surface area contributed by atoms with Gasteiger partial charge in [-0.15, -0.1) is 0 Å². The number of amides is 2. The molecule has 1 heterocycles. The molecule has 0 saturated carbocycles. The summed E-state index contributed by atoms with van der Waals surface area (Å²) in [5, 5.41) is 4.39. The van der Waals surface area contributed by atoms with E-state index < -0.39 is 22.5 Å². The van der Waals surface area contributed by atoms with E-state index in [0.717, 1.165) is 47.8 Å². The Labute approximate surface area is 245 Å². The summed E-state index contributed by atoms with van der Waals surface area (Å²) in [6.45, 7) is 4.85. The number of piperidine rings is 1. The van der Waals surface area contributed by atoms with Gasteiger partial charge in [-0.1, -0.05) is 17.7 Å². The van der Waals surface area contributed by atoms with Crippen LogP contribution in [0.1, 0.15) is 36.0 Å². The maximum absolute atomic E-state index is 13.5. The Balaban J connectivity index is 1.38. The Hall–Kier alpha value is -3.89. The molecule has 4 rings (SSSR count). The molecule has 1 N–H and O–H groups in total. The molecule has 1 fully saturated rings. The topological polar surface area (TPSA) is 108 Å². The number of carbonyl (C=O) groups excluding carboxylic acids is 2. The Kier molecular flexibility index (Phi) is 10.0. The Morgan fingerprint density at radius 3 is 2.32 bits per heavy atom. The summed E-state index contributed by atoms with van der Waals surface area (Å²) >= 11 is 5.94. The van der Waals surface area contributed by atoms with E-state index in [2.05, 4.69) is 10.5 Å². The minimum absolute atomic E-state index is 0.0105. The largest absolute Gasteiger partial charge is 0.484 e. The van der Waals surface area contributed by atoms with Crippen LogP contribution in [0.4, 0.5) is 5.69 Å². The highest BCUT2D eigenvalue weighted by Crippen LogP contribution is 2.26. The molecule has 41 heavy (non-hydrogen) atoms. The van der Waals surface area contributed by atoms with Crippen LogP contribution >= 0.6 is 11.6 Å². The molecule has 1 saturated heterocycles. The summed E-state index contributed by atoms with van der Waals surface area (Å²) in [5.74, 6) is -0.0906. The predicted molar refractivity (Wildman–Crippen MR) is 160 cm³/mol. The summed E-state index contributed by atoms with van der Waals surface area (Å²) in [6, 6.07) is 17.9. The molecule has 2 amide bonds. The number of benzene rings is 3. The fraction of sp³-hybridized carbons (Fsp3) is 0.300. The van der Waals surface area contributed by atoms with Crippen molar-refractivity contribution < 1.29 is 22.7 Å². The van der Waals surface area contributed by atoms with Crippen LogP contribution in [0, 0.1) is 13.8 Å². The molecule has 0 radical (unpaired) electrons. The van der Waals surface area contributed by atoms with Crippen molar-refractivity contribution in [2.24, 2.45) is 5.10 Å². The molecule has 216 valence electrons. The third-order valence-corrected chi connectivity index (χ3v) is 8.86. The molecule has 0 atom stereocenters. The van der Waals surface area contributed by atoms with E-state index in [1.54, 1.807) is 36.4 Å². The van der Waals surface area contributed by atoms with Gasteiger partial charge in [0.2, 0.25) is 0 Å². The number of anilines is 1. The SMILES string of the molecule is Cc1ccc(N(CC(=O)N/N=C\c2ccc(OCC(=O)N3CCCCC3)cc2)S(=O)(=O)c2ccc(Cl)cc2)cc1C. The van der Waals surface area contributed by atoms with Gasteiger partial charge in [0.05, 0.1) is 16.8 Å². The van der Waals surface area contributed by atoms with E-state index in [0.29, 0.717) is 22.0 Å². The molecule has 3 aromatic carbocycles. The van der Waals surface area contributed by atoms with Crippen LogP contribution in [0.2, 0.25) is 5.02 Å². The second kappa shape index (κ2) is 13.6. The monoisotopic (exact) mass is 596 g/mol. The number of hydrogen-bond acceptors (Lipinski definition) is 6. The highest BCUT2D eigenvalue weighted by molar-refractivity contribution is 7.92. The molecule has 0 bridgehead atoms. The smallest absolute Gasteiger partial charge is 0.264 e. The predicted octanol–water partition coefficient (Wildman–Crippen LogP) is 4.69. The van der Waals surface area contributed by atoms with E-state index in [1.807, 2.05) is 24.8 Å². The summed E-state index contributed by atoms with van der Waals surface area (Å²) < 4.78 is 33.7. The fourth-order valence-electron chi connectivity index (χ4n) is 4.30. The number of aryl methyl sites for hydroxylation is 2. The lowest BCUT2D eigenvalue weighted by Crippen LogP contribution is -2.39. The van der Waals surface area contributed by atoms with Gasteiger partial charge in [-0.2, -0.15) is 5.10 Å². The van der Waals surface area contributed by atoms with Crippen molar-refractivity contribution >= 4 is 45.3 Å². The van der Waals surface area contributed by atoms with Crippen molar-refractivity contribution in [3.05, 3.63) is 88.4 Å². The average molecular weight is 597 g/mol. The van der Waals surface area contributed by atoms with Gasteiger partial charge in [-0.3, -0.25) is 13.9 Å². The molecule has 9 nitrogen and oxygen atoms in total. The summed E-state index contributed by atoms with van der Waals surface area (Å²) in [7, 11) is -4.08. The number of rotatable bonds is 10. The van der Waals surface area contributed by atoms with Gasteiger partial charge >= 0.3 is 0 Å². The zero-order chi connectivity index (χ0) is 29.4. The number of carbonyl (C=O) groups is 2. The van der Waals surface area contributed by atoms with Crippen molar-refractivity contribution in [2.75, 3.05) is 30.5 Å². The van der Waals surface area contributed by atoms with Crippen LogP contribution in [0.3, 0.4) is 0 Å². The number of nitrogens with zero attached hydrogens (tertiary/aromatic N) is 3. The number of hydrogen-bond donors (Lipinski definition) is 1. The number of sulfonamides is 1. The third-order valence-electron chi connectivity index (χ3n) is 6.82. The second-order valence-corrected chi connectivity index (χ2v) is 12.1. The first-order valence-corrected chi connectivity index (χ1v) is 15.1. The van der Waals surface area contributed by atoms with Gasteiger partial charge in [0, 0.05) is 18.1 Å². The molecule has 0 spiro atoms. The maximum atomic E-state index is 13.5. The van der Waals surface area contributed by atoms with Gasteiger partial charge in [0.15, 0.2) is 6.61 Å². The molecule has 11 heteroatoms. The van der Waals surface area contributed by atoms with Gasteiger partial charge in [0.1, 0.15) is 12.3 Å². The highest BCUT2D eigenvalue weighted by Gasteiger charge is 2.27. The normalized spacial score (nSPS) is 13.7.